The van der Waals surface area contributed by atoms with E-state index in [0.29, 0.717) is 0 Å². The van der Waals surface area contributed by atoms with Crippen molar-refractivity contribution in [2.45, 2.75) is 0 Å². The Morgan fingerprint density at radius 3 is 0.500 bits per heavy atom. The Kier molecular flexibility index (Phi) is 235. The summed E-state index contributed by atoms with van der Waals surface area (Å²) in [5.41, 5.74) is 0. The number of halogens is 2. The van der Waals surface area contributed by atoms with Gasteiger partial charge in [0.1, 0.15) is 0 Å². The smallest absolute Gasteiger partial charge is 1.00 e. The van der Waals surface area contributed by atoms with Gasteiger partial charge in [-0.25, -0.2) is 0 Å². The normalized spacial score (nSPS) is 0. The van der Waals surface area contributed by atoms with E-state index in [1.54, 1.807) is 0 Å². The molecule has 0 rings (SSSR count). The molecule has 0 aromatic carbocycles. The van der Waals surface area contributed by atoms with E-state index >= 15 is 0 Å². The summed E-state index contributed by atoms with van der Waals surface area (Å²) < 4.78 is 0. The average molecular weight is 439 g/mol. The molecule has 4 heavy (non-hydrogen) atoms. The van der Waals surface area contributed by atoms with Crippen LogP contribution in [0.2, 0.25) is 0 Å². The summed E-state index contributed by atoms with van der Waals surface area (Å²) >= 11 is 0. The third-order valence-electron chi connectivity index (χ3n) is 0. The van der Waals surface area contributed by atoms with Crippen LogP contribution in [0.25, 0.3) is 0 Å². The third kappa shape index (κ3) is 9.29. The van der Waals surface area contributed by atoms with Crippen LogP contribution in [0.1, 0.15) is 0 Å². The van der Waals surface area contributed by atoms with E-state index in [2.05, 4.69) is 0 Å². The zero-order valence-electron chi connectivity index (χ0n) is 2.17. The van der Waals surface area contributed by atoms with Crippen LogP contribution in [0.4, 0.5) is 0 Å². The first kappa shape index (κ1) is 42.8. The fraction of sp³-hybridized carbons (Fsp3) is 0. The van der Waals surface area contributed by atoms with Crippen LogP contribution < -0.4 is 9.41 Å². The van der Waals surface area contributed by atoms with Crippen molar-refractivity contribution in [1.29, 1.82) is 0 Å². The van der Waals surface area contributed by atoms with Crippen molar-refractivity contribution in [3.8, 4) is 0 Å². The van der Waals surface area contributed by atoms with Crippen LogP contribution in [0.5, 0.6) is 0 Å². The zero-order valence-corrected chi connectivity index (χ0v) is 13.2. The standard InChI is InChI=1S/2FH.2Hg/h2*1H;;/q;;2*+1/p-2. The first-order valence-corrected chi connectivity index (χ1v) is 0. The molecule has 0 N–H and O–H groups in total. The Labute approximate surface area is 64.1 Å². The first-order valence-electron chi connectivity index (χ1n) is 0. The molecular weight excluding hydrogens is 439 g/mol. The molecule has 0 unspecified atom stereocenters. The van der Waals surface area contributed by atoms with Gasteiger partial charge in [0.05, 0.1) is 0 Å². The Hall–Kier alpha value is 1.73. The summed E-state index contributed by atoms with van der Waals surface area (Å²) in [6.07, 6.45) is 0. The number of rotatable bonds is 0. The second kappa shape index (κ2) is 22.0. The minimum atomic E-state index is 0. The molecule has 0 amide bonds. The Morgan fingerprint density at radius 1 is 0.500 bits per heavy atom. The quantitative estimate of drug-likeness (QED) is 0.330. The second-order valence-corrected chi connectivity index (χ2v) is 0. The van der Waals surface area contributed by atoms with Crippen LogP contribution in [0.15, 0.2) is 0 Å². The molecule has 0 saturated heterocycles. The maximum atomic E-state index is 0. The molecular formula is F2Hg2. The van der Waals surface area contributed by atoms with Crippen molar-refractivity contribution in [1.82, 2.24) is 0 Å². The van der Waals surface area contributed by atoms with Crippen LogP contribution in [0, 0.1) is 0 Å². The van der Waals surface area contributed by atoms with E-state index in [0.717, 1.165) is 0 Å². The van der Waals surface area contributed by atoms with Crippen molar-refractivity contribution in [3.05, 3.63) is 0 Å². The van der Waals surface area contributed by atoms with Gasteiger partial charge in [-0.2, -0.15) is 0 Å². The van der Waals surface area contributed by atoms with E-state index in [4.69, 9.17) is 0 Å². The summed E-state index contributed by atoms with van der Waals surface area (Å²) in [5, 5.41) is 0. The predicted octanol–water partition coefficient (Wildman–Crippen LogP) is -6.00. The molecule has 0 fully saturated rings. The SMILES string of the molecule is [F-].[F-].[Hg+].[Hg+]. The molecule has 0 saturated carbocycles. The number of hydrogen-bond donors (Lipinski definition) is 0. The molecule has 0 spiro atoms. The molecule has 0 aliphatic rings. The molecule has 4 heteroatoms. The second-order valence-electron chi connectivity index (χ2n) is 0. The van der Waals surface area contributed by atoms with Gasteiger partial charge in [-0.3, -0.25) is 0 Å². The van der Waals surface area contributed by atoms with Gasteiger partial charge in [-0.15, -0.1) is 0 Å². The summed E-state index contributed by atoms with van der Waals surface area (Å²) in [6, 6.07) is 0. The van der Waals surface area contributed by atoms with Gasteiger partial charge in [0.15, 0.2) is 0 Å². The van der Waals surface area contributed by atoms with Crippen LogP contribution in [0.3, 0.4) is 0 Å². The fourth-order valence-electron chi connectivity index (χ4n) is 0. The Balaban J connectivity index is 0. The van der Waals surface area contributed by atoms with E-state index in [1.165, 1.54) is 0 Å². The van der Waals surface area contributed by atoms with E-state index in [1.807, 2.05) is 0 Å². The van der Waals surface area contributed by atoms with Crippen molar-refractivity contribution in [2.75, 3.05) is 0 Å². The van der Waals surface area contributed by atoms with Crippen molar-refractivity contribution in [3.63, 3.8) is 0 Å². The van der Waals surface area contributed by atoms with E-state index < -0.39 is 0 Å². The molecule has 0 aliphatic heterocycles. The van der Waals surface area contributed by atoms with Crippen LogP contribution >= 0.6 is 0 Å². The maximum absolute atomic E-state index is 0. The maximum Gasteiger partial charge on any atom is 1.00 e. The Bertz CT molecular complexity index is 4.00. The van der Waals surface area contributed by atoms with Gasteiger partial charge >= 0.3 is 55.3 Å². The van der Waals surface area contributed by atoms with Gasteiger partial charge in [0.25, 0.3) is 0 Å². The van der Waals surface area contributed by atoms with E-state index in [-0.39, 0.29) is 64.7 Å². The molecule has 0 heterocycles. The third-order valence-corrected chi connectivity index (χ3v) is 0. The summed E-state index contributed by atoms with van der Waals surface area (Å²) in [6.45, 7) is 0. The van der Waals surface area contributed by atoms with Gasteiger partial charge in [0, 0.05) is 0 Å². The first-order chi connectivity index (χ1) is 0. The largest absolute Gasteiger partial charge is 1.00 e. The Morgan fingerprint density at radius 2 is 0.500 bits per heavy atom. The van der Waals surface area contributed by atoms with Crippen LogP contribution in [-0.4, -0.2) is 0 Å². The van der Waals surface area contributed by atoms with Gasteiger partial charge in [-0.1, -0.05) is 0 Å². The molecule has 18 valence electrons. The molecule has 2 radical (unpaired) electrons. The van der Waals surface area contributed by atoms with E-state index in [9.17, 15) is 0 Å². The predicted molar refractivity (Wildman–Crippen MR) is 0 cm³/mol. The van der Waals surface area contributed by atoms with Gasteiger partial charge < -0.3 is 9.41 Å². The van der Waals surface area contributed by atoms with Gasteiger partial charge in [-0.05, 0) is 0 Å². The molecule has 0 aromatic heterocycles. The molecule has 0 nitrogen and oxygen atoms in total. The van der Waals surface area contributed by atoms with Crippen molar-refractivity contribution < 1.29 is 64.7 Å². The molecule has 0 aromatic rings. The average Bonchev–Trinajstić information content (AvgIpc) is 0. The summed E-state index contributed by atoms with van der Waals surface area (Å²) in [7, 11) is 0. The molecule has 0 atom stereocenters. The summed E-state index contributed by atoms with van der Waals surface area (Å²) in [4.78, 5) is 0. The zero-order chi connectivity index (χ0) is 0. The molecule has 0 bridgehead atoms. The minimum Gasteiger partial charge on any atom is -1.00 e. The van der Waals surface area contributed by atoms with Crippen molar-refractivity contribution in [2.24, 2.45) is 0 Å². The topological polar surface area (TPSA) is 0 Å². The van der Waals surface area contributed by atoms with Crippen molar-refractivity contribution >= 4 is 0 Å². The van der Waals surface area contributed by atoms with Crippen LogP contribution in [-0.2, 0) is 55.3 Å². The monoisotopic (exact) mass is 442 g/mol. The number of hydrogen-bond acceptors (Lipinski definition) is 0. The summed E-state index contributed by atoms with van der Waals surface area (Å²) in [5.74, 6) is 0. The fourth-order valence-corrected chi connectivity index (χ4v) is 0. The van der Waals surface area contributed by atoms with Gasteiger partial charge in [0.2, 0.25) is 0 Å². The molecule has 0 aliphatic carbocycles. The minimum absolute atomic E-state index is 0.